The molecule has 0 fully saturated rings. The van der Waals surface area contributed by atoms with E-state index in [0.29, 0.717) is 11.5 Å². The van der Waals surface area contributed by atoms with Gasteiger partial charge < -0.3 is 14.2 Å². The molecule has 1 atom stereocenters. The smallest absolute Gasteiger partial charge is 0.230 e. The molecule has 0 aliphatic rings. The maximum absolute atomic E-state index is 5.91. The van der Waals surface area contributed by atoms with Crippen LogP contribution in [0.2, 0.25) is 0 Å². The Morgan fingerprint density at radius 3 is 2.29 bits per heavy atom. The van der Waals surface area contributed by atoms with E-state index in [4.69, 9.17) is 14.2 Å². The summed E-state index contributed by atoms with van der Waals surface area (Å²) in [7, 11) is 1.71. The fourth-order valence-electron chi connectivity index (χ4n) is 3.79. The number of allylic oxidation sites excluding steroid dienone is 3. The van der Waals surface area contributed by atoms with Crippen LogP contribution in [0.4, 0.5) is 0 Å². The fourth-order valence-corrected chi connectivity index (χ4v) is 3.79. The molecule has 2 rings (SSSR count). The lowest BCUT2D eigenvalue weighted by Gasteiger charge is -2.29. The van der Waals surface area contributed by atoms with Crippen LogP contribution >= 0.6 is 0 Å². The van der Waals surface area contributed by atoms with Crippen LogP contribution in [0, 0.1) is 27.7 Å². The summed E-state index contributed by atoms with van der Waals surface area (Å²) in [4.78, 5) is 4.68. The number of rotatable bonds is 9. The minimum absolute atomic E-state index is 0.0622. The number of pyridine rings is 1. The van der Waals surface area contributed by atoms with E-state index >= 15 is 0 Å². The molecule has 0 aliphatic heterocycles. The van der Waals surface area contributed by atoms with Crippen molar-refractivity contribution >= 4 is 0 Å². The molecule has 0 amide bonds. The highest BCUT2D eigenvalue weighted by Gasteiger charge is 2.29. The lowest BCUT2D eigenvalue weighted by atomic mass is 9.78. The second-order valence-electron chi connectivity index (χ2n) is 8.19. The number of nitrogens with zero attached hydrogens (tertiary/aromatic N) is 1. The van der Waals surface area contributed by atoms with Crippen LogP contribution in [0.15, 0.2) is 60.2 Å². The first-order chi connectivity index (χ1) is 14.6. The van der Waals surface area contributed by atoms with E-state index in [1.54, 1.807) is 14.0 Å². The molecule has 4 heteroatoms. The van der Waals surface area contributed by atoms with Gasteiger partial charge in [-0.05, 0) is 76.8 Å². The average Bonchev–Trinajstić information content (AvgIpc) is 2.69. The molecule has 0 N–H and O–H groups in total. The van der Waals surface area contributed by atoms with Crippen molar-refractivity contribution in [3.8, 4) is 5.75 Å². The van der Waals surface area contributed by atoms with Gasteiger partial charge in [-0.25, -0.2) is 0 Å². The van der Waals surface area contributed by atoms with E-state index in [9.17, 15) is 0 Å². The molecular formula is C27H35NO3. The lowest BCUT2D eigenvalue weighted by Crippen LogP contribution is -2.16. The molecule has 0 bridgehead atoms. The number of aromatic nitrogens is 1. The van der Waals surface area contributed by atoms with Crippen LogP contribution in [0.5, 0.6) is 5.75 Å². The Hall–Kier alpha value is -3.01. The van der Waals surface area contributed by atoms with E-state index < -0.39 is 0 Å². The van der Waals surface area contributed by atoms with Gasteiger partial charge in [-0.1, -0.05) is 30.9 Å². The summed E-state index contributed by atoms with van der Waals surface area (Å²) in [5.41, 5.74) is 8.74. The van der Waals surface area contributed by atoms with Crippen molar-refractivity contribution in [1.29, 1.82) is 0 Å². The van der Waals surface area contributed by atoms with Crippen LogP contribution in [-0.4, -0.2) is 18.9 Å². The molecule has 2 aromatic rings. The minimum atomic E-state index is -0.148. The first kappa shape index (κ1) is 24.3. The molecule has 1 aromatic carbocycles. The van der Waals surface area contributed by atoms with Crippen LogP contribution in [0.1, 0.15) is 60.2 Å². The zero-order chi connectivity index (χ0) is 23.3. The van der Waals surface area contributed by atoms with Crippen LogP contribution in [0.3, 0.4) is 0 Å². The Labute approximate surface area is 187 Å². The van der Waals surface area contributed by atoms with Crippen molar-refractivity contribution in [2.75, 3.05) is 13.9 Å². The topological polar surface area (TPSA) is 40.6 Å². The maximum Gasteiger partial charge on any atom is 0.230 e. The van der Waals surface area contributed by atoms with Crippen molar-refractivity contribution in [3.63, 3.8) is 0 Å². The van der Waals surface area contributed by atoms with Gasteiger partial charge in [0.05, 0.1) is 12.9 Å². The second-order valence-corrected chi connectivity index (χ2v) is 8.19. The summed E-state index contributed by atoms with van der Waals surface area (Å²) in [6.45, 7) is 22.3. The third-order valence-electron chi connectivity index (χ3n) is 5.49. The predicted molar refractivity (Wildman–Crippen MR) is 127 cm³/mol. The summed E-state index contributed by atoms with van der Waals surface area (Å²) in [6, 6.07) is 6.29. The zero-order valence-electron chi connectivity index (χ0n) is 20.2. The molecule has 1 unspecified atom stereocenters. The summed E-state index contributed by atoms with van der Waals surface area (Å²) >= 11 is 0. The minimum Gasteiger partial charge on any atom is -0.496 e. The second kappa shape index (κ2) is 10.3. The van der Waals surface area contributed by atoms with Gasteiger partial charge >= 0.3 is 0 Å². The molecule has 0 radical (unpaired) electrons. The maximum atomic E-state index is 5.91. The highest BCUT2D eigenvalue weighted by molar-refractivity contribution is 5.56. The Balaban J connectivity index is 2.76. The molecule has 0 spiro atoms. The number of methoxy groups -OCH3 is 1. The van der Waals surface area contributed by atoms with Gasteiger partial charge in [0.15, 0.2) is 0 Å². The van der Waals surface area contributed by atoms with E-state index in [2.05, 4.69) is 71.0 Å². The van der Waals surface area contributed by atoms with Crippen molar-refractivity contribution in [2.24, 2.45) is 0 Å². The Morgan fingerprint density at radius 2 is 1.71 bits per heavy atom. The Bertz CT molecular complexity index is 1010. The van der Waals surface area contributed by atoms with Gasteiger partial charge in [-0.3, -0.25) is 4.98 Å². The first-order valence-electron chi connectivity index (χ1n) is 10.4. The number of aryl methyl sites for hydroxylation is 3. The van der Waals surface area contributed by atoms with Crippen LogP contribution in [-0.2, 0) is 9.47 Å². The number of ether oxygens (including phenoxy) is 3. The molecule has 1 aromatic heterocycles. The predicted octanol–water partition coefficient (Wildman–Crippen LogP) is 6.83. The van der Waals surface area contributed by atoms with E-state index in [1.807, 2.05) is 13.1 Å². The van der Waals surface area contributed by atoms with E-state index in [-0.39, 0.29) is 12.7 Å². The van der Waals surface area contributed by atoms with Crippen molar-refractivity contribution in [1.82, 2.24) is 4.98 Å². The van der Waals surface area contributed by atoms with Gasteiger partial charge in [0.25, 0.3) is 0 Å². The number of hydrogen-bond donors (Lipinski definition) is 0. The van der Waals surface area contributed by atoms with Crippen molar-refractivity contribution in [3.05, 3.63) is 93.7 Å². The largest absolute Gasteiger partial charge is 0.496 e. The highest BCUT2D eigenvalue weighted by Crippen LogP contribution is 2.44. The molecule has 166 valence electrons. The van der Waals surface area contributed by atoms with Gasteiger partial charge in [0.1, 0.15) is 11.5 Å². The standard InChI is InChI=1S/C27H35NO3/c1-16(2)25(22(9)31-15-30-17(3)4)27(23-12-11-18(5)13-24(23)29-10)26-20(7)19(6)14-28-21(26)8/h11-14,27H,3,9,15H2,1-2,4-8,10H3. The quantitative estimate of drug-likeness (QED) is 0.253. The molecule has 4 nitrogen and oxygen atoms in total. The number of hydrogen-bond acceptors (Lipinski definition) is 4. The third kappa shape index (κ3) is 5.57. The number of benzene rings is 1. The molecule has 0 aliphatic carbocycles. The first-order valence-corrected chi connectivity index (χ1v) is 10.4. The normalized spacial score (nSPS) is 11.5. The summed E-state index contributed by atoms with van der Waals surface area (Å²) in [6.07, 6.45) is 1.92. The highest BCUT2D eigenvalue weighted by atomic mass is 16.7. The third-order valence-corrected chi connectivity index (χ3v) is 5.49. The van der Waals surface area contributed by atoms with Crippen LogP contribution < -0.4 is 4.74 Å². The SMILES string of the molecule is C=C(C)OCOC(=C)C(=C(C)C)C(c1ccc(C)cc1OC)c1c(C)ncc(C)c1C. The molecule has 31 heavy (non-hydrogen) atoms. The fraction of sp³-hybridized carbons (Fsp3) is 0.370. The summed E-state index contributed by atoms with van der Waals surface area (Å²) in [5.74, 6) is 1.84. The van der Waals surface area contributed by atoms with Crippen LogP contribution in [0.25, 0.3) is 0 Å². The molecule has 0 saturated heterocycles. The lowest BCUT2D eigenvalue weighted by molar-refractivity contribution is 0.0183. The average molecular weight is 422 g/mol. The van der Waals surface area contributed by atoms with Crippen molar-refractivity contribution in [2.45, 2.75) is 54.4 Å². The van der Waals surface area contributed by atoms with Gasteiger partial charge in [-0.2, -0.15) is 0 Å². The van der Waals surface area contributed by atoms with Crippen molar-refractivity contribution < 1.29 is 14.2 Å². The monoisotopic (exact) mass is 421 g/mol. The van der Waals surface area contributed by atoms with E-state index in [0.717, 1.165) is 44.8 Å². The summed E-state index contributed by atoms with van der Waals surface area (Å²) < 4.78 is 17.1. The van der Waals surface area contributed by atoms with Gasteiger partial charge in [-0.15, -0.1) is 0 Å². The zero-order valence-corrected chi connectivity index (χ0v) is 20.2. The molecule has 1 heterocycles. The van der Waals surface area contributed by atoms with E-state index in [1.165, 1.54) is 5.56 Å². The Morgan fingerprint density at radius 1 is 1.03 bits per heavy atom. The van der Waals surface area contributed by atoms with Gasteiger partial charge in [0.2, 0.25) is 6.79 Å². The molecule has 0 saturated carbocycles. The molecular weight excluding hydrogens is 386 g/mol. The Kier molecular flexibility index (Phi) is 8.09. The summed E-state index contributed by atoms with van der Waals surface area (Å²) in [5, 5.41) is 0. The van der Waals surface area contributed by atoms with Gasteiger partial charge in [0, 0.05) is 28.9 Å².